The normalized spacial score (nSPS) is 11.0. The molecule has 0 saturated carbocycles. The summed E-state index contributed by atoms with van der Waals surface area (Å²) in [4.78, 5) is 4.20. The molecular formula is C5H12N2O. The van der Waals surface area contributed by atoms with Crippen LogP contribution in [0.4, 0.5) is 0 Å². The number of nitrogens with two attached hydrogens (primary N) is 1. The third-order valence-corrected chi connectivity index (χ3v) is 0.799. The molecule has 0 unspecified atom stereocenters. The van der Waals surface area contributed by atoms with E-state index < -0.39 is 0 Å². The SMILES string of the molecule is CC(C)(C)C(=N)ON. The first-order chi connectivity index (χ1) is 3.48. The fourth-order valence-electron chi connectivity index (χ4n) is 0.177. The van der Waals surface area contributed by atoms with Crippen LogP contribution in [-0.2, 0) is 4.84 Å². The Hall–Kier alpha value is -0.570. The molecule has 48 valence electrons. The molecule has 0 aromatic rings. The standard InChI is InChI=1S/C5H12N2O/c1-5(2,3)4(6)8-7/h6H,7H2,1-3H3. The summed E-state index contributed by atoms with van der Waals surface area (Å²) in [5.41, 5.74) is -0.255. The van der Waals surface area contributed by atoms with Crippen molar-refractivity contribution in [2.75, 3.05) is 0 Å². The van der Waals surface area contributed by atoms with Crippen molar-refractivity contribution < 1.29 is 4.84 Å². The highest BCUT2D eigenvalue weighted by Crippen LogP contribution is 2.13. The number of hydrogen-bond donors (Lipinski definition) is 2. The van der Waals surface area contributed by atoms with Crippen LogP contribution in [0, 0.1) is 10.8 Å². The Morgan fingerprint density at radius 3 is 1.88 bits per heavy atom. The molecule has 0 atom stereocenters. The molecule has 0 saturated heterocycles. The molecule has 3 N–H and O–H groups in total. The fourth-order valence-corrected chi connectivity index (χ4v) is 0.177. The molecule has 8 heavy (non-hydrogen) atoms. The maximum Gasteiger partial charge on any atom is 0.211 e. The van der Waals surface area contributed by atoms with Crippen LogP contribution in [0.25, 0.3) is 0 Å². The van der Waals surface area contributed by atoms with Gasteiger partial charge in [-0.1, -0.05) is 20.8 Å². The maximum absolute atomic E-state index is 7.04. The van der Waals surface area contributed by atoms with Gasteiger partial charge in [-0.3, -0.25) is 5.41 Å². The van der Waals surface area contributed by atoms with Crippen LogP contribution < -0.4 is 5.90 Å². The van der Waals surface area contributed by atoms with E-state index in [1.807, 2.05) is 20.8 Å². The van der Waals surface area contributed by atoms with E-state index in [1.54, 1.807) is 0 Å². The van der Waals surface area contributed by atoms with Crippen molar-refractivity contribution in [1.29, 1.82) is 5.41 Å². The molecule has 0 fully saturated rings. The maximum atomic E-state index is 7.04. The molecule has 0 aliphatic carbocycles. The number of rotatable bonds is 0. The minimum atomic E-state index is -0.255. The fraction of sp³-hybridized carbons (Fsp3) is 0.800. The number of hydrogen-bond acceptors (Lipinski definition) is 3. The second-order valence-corrected chi connectivity index (χ2v) is 2.70. The highest BCUT2D eigenvalue weighted by Gasteiger charge is 2.17. The van der Waals surface area contributed by atoms with E-state index in [-0.39, 0.29) is 11.3 Å². The Kier molecular flexibility index (Phi) is 1.98. The summed E-state index contributed by atoms with van der Waals surface area (Å²) in [7, 11) is 0. The van der Waals surface area contributed by atoms with Crippen LogP contribution in [-0.4, -0.2) is 5.90 Å². The van der Waals surface area contributed by atoms with Crippen molar-refractivity contribution in [1.82, 2.24) is 0 Å². The molecule has 0 rings (SSSR count). The van der Waals surface area contributed by atoms with Gasteiger partial charge in [0, 0.05) is 5.41 Å². The van der Waals surface area contributed by atoms with Crippen LogP contribution in [0.3, 0.4) is 0 Å². The van der Waals surface area contributed by atoms with Crippen molar-refractivity contribution in [3.63, 3.8) is 0 Å². The highest BCUT2D eigenvalue weighted by atomic mass is 16.6. The van der Waals surface area contributed by atoms with E-state index in [4.69, 9.17) is 11.3 Å². The van der Waals surface area contributed by atoms with Gasteiger partial charge in [-0.2, -0.15) is 5.90 Å². The first-order valence-corrected chi connectivity index (χ1v) is 2.44. The average molecular weight is 116 g/mol. The summed E-state index contributed by atoms with van der Waals surface area (Å²) in [6.45, 7) is 5.59. The lowest BCUT2D eigenvalue weighted by Gasteiger charge is -2.15. The molecule has 0 bridgehead atoms. The molecule has 0 aliphatic rings. The van der Waals surface area contributed by atoms with Crippen molar-refractivity contribution in [2.24, 2.45) is 11.3 Å². The average Bonchev–Trinajstić information content (AvgIpc) is 1.62. The second kappa shape index (κ2) is 2.13. The van der Waals surface area contributed by atoms with Crippen molar-refractivity contribution in [3.8, 4) is 0 Å². The van der Waals surface area contributed by atoms with E-state index in [0.717, 1.165) is 0 Å². The summed E-state index contributed by atoms with van der Waals surface area (Å²) in [6.07, 6.45) is 0. The van der Waals surface area contributed by atoms with E-state index >= 15 is 0 Å². The molecule has 0 heterocycles. The van der Waals surface area contributed by atoms with Gasteiger partial charge in [-0.05, 0) is 0 Å². The Labute approximate surface area is 49.3 Å². The Bertz CT molecular complexity index is 93.1. The smallest absolute Gasteiger partial charge is 0.211 e. The van der Waals surface area contributed by atoms with Crippen LogP contribution in [0.2, 0.25) is 0 Å². The minimum Gasteiger partial charge on any atom is -0.396 e. The zero-order chi connectivity index (χ0) is 6.78. The lowest BCUT2D eigenvalue weighted by atomic mass is 9.97. The van der Waals surface area contributed by atoms with Gasteiger partial charge in [0.15, 0.2) is 0 Å². The summed E-state index contributed by atoms with van der Waals surface area (Å²) in [6, 6.07) is 0. The Morgan fingerprint density at radius 2 is 1.88 bits per heavy atom. The summed E-state index contributed by atoms with van der Waals surface area (Å²) < 4.78 is 0. The van der Waals surface area contributed by atoms with Crippen LogP contribution in [0.1, 0.15) is 20.8 Å². The molecular weight excluding hydrogens is 104 g/mol. The topological polar surface area (TPSA) is 59.1 Å². The van der Waals surface area contributed by atoms with Gasteiger partial charge in [0.2, 0.25) is 5.90 Å². The molecule has 0 aliphatic heterocycles. The molecule has 3 heteroatoms. The van der Waals surface area contributed by atoms with Gasteiger partial charge < -0.3 is 4.84 Å². The third kappa shape index (κ3) is 1.93. The van der Waals surface area contributed by atoms with Crippen molar-refractivity contribution in [3.05, 3.63) is 0 Å². The first kappa shape index (κ1) is 7.43. The molecule has 0 amide bonds. The van der Waals surface area contributed by atoms with Crippen molar-refractivity contribution in [2.45, 2.75) is 20.8 Å². The monoisotopic (exact) mass is 116 g/mol. The van der Waals surface area contributed by atoms with Gasteiger partial charge in [0.25, 0.3) is 0 Å². The molecule has 0 aromatic carbocycles. The van der Waals surface area contributed by atoms with E-state index in [9.17, 15) is 0 Å². The summed E-state index contributed by atoms with van der Waals surface area (Å²) in [5, 5.41) is 7.04. The first-order valence-electron chi connectivity index (χ1n) is 2.44. The quantitative estimate of drug-likeness (QED) is 0.280. The zero-order valence-electron chi connectivity index (χ0n) is 5.49. The van der Waals surface area contributed by atoms with E-state index in [1.165, 1.54) is 0 Å². The van der Waals surface area contributed by atoms with E-state index in [2.05, 4.69) is 4.84 Å². The number of nitrogens with one attached hydrogen (secondary N) is 1. The largest absolute Gasteiger partial charge is 0.396 e. The van der Waals surface area contributed by atoms with Gasteiger partial charge in [0.05, 0.1) is 0 Å². The lowest BCUT2D eigenvalue weighted by molar-refractivity contribution is 0.270. The Balaban J connectivity index is 3.82. The van der Waals surface area contributed by atoms with E-state index in [0.29, 0.717) is 0 Å². The minimum absolute atomic E-state index is 0.109. The highest BCUT2D eigenvalue weighted by molar-refractivity contribution is 5.77. The van der Waals surface area contributed by atoms with Gasteiger partial charge in [0.1, 0.15) is 0 Å². The van der Waals surface area contributed by atoms with Crippen molar-refractivity contribution >= 4 is 5.90 Å². The molecule has 3 nitrogen and oxygen atoms in total. The molecule has 0 radical (unpaired) electrons. The lowest BCUT2D eigenvalue weighted by Crippen LogP contribution is -2.24. The molecule has 0 aromatic heterocycles. The second-order valence-electron chi connectivity index (χ2n) is 2.70. The van der Waals surface area contributed by atoms with Gasteiger partial charge in [-0.15, -0.1) is 0 Å². The predicted molar refractivity (Wildman–Crippen MR) is 32.5 cm³/mol. The van der Waals surface area contributed by atoms with Crippen LogP contribution in [0.5, 0.6) is 0 Å². The molecule has 0 spiro atoms. The third-order valence-electron chi connectivity index (χ3n) is 0.799. The Morgan fingerprint density at radius 1 is 1.50 bits per heavy atom. The summed E-state index contributed by atoms with van der Waals surface area (Å²) >= 11 is 0. The van der Waals surface area contributed by atoms with Gasteiger partial charge >= 0.3 is 0 Å². The van der Waals surface area contributed by atoms with Crippen LogP contribution >= 0.6 is 0 Å². The van der Waals surface area contributed by atoms with Crippen LogP contribution in [0.15, 0.2) is 0 Å². The summed E-state index contributed by atoms with van der Waals surface area (Å²) in [5.74, 6) is 4.84. The predicted octanol–water partition coefficient (Wildman–Crippen LogP) is 0.900. The zero-order valence-corrected chi connectivity index (χ0v) is 5.49. The van der Waals surface area contributed by atoms with Gasteiger partial charge in [-0.25, -0.2) is 0 Å².